The van der Waals surface area contributed by atoms with Crippen molar-refractivity contribution in [3.63, 3.8) is 0 Å². The number of benzene rings is 1. The maximum atomic E-state index is 13.4. The second kappa shape index (κ2) is 5.39. The molecule has 6 nitrogen and oxygen atoms in total. The molecule has 98 valence electrons. The van der Waals surface area contributed by atoms with Gasteiger partial charge in [0, 0.05) is 6.07 Å². The second-order valence-electron chi connectivity index (χ2n) is 3.41. The molecule has 0 aliphatic rings. The summed E-state index contributed by atoms with van der Waals surface area (Å²) in [6.45, 7) is 1.56. The van der Waals surface area contributed by atoms with E-state index in [-0.39, 0.29) is 6.42 Å². The van der Waals surface area contributed by atoms with E-state index in [4.69, 9.17) is 10.5 Å². The van der Waals surface area contributed by atoms with Crippen LogP contribution in [0.15, 0.2) is 12.1 Å². The first-order chi connectivity index (χ1) is 8.36. The van der Waals surface area contributed by atoms with Crippen LogP contribution in [0.3, 0.4) is 0 Å². The van der Waals surface area contributed by atoms with Crippen molar-refractivity contribution in [2.45, 2.75) is 19.4 Å². The molecule has 1 rings (SSSR count). The number of amides is 1. The fraction of sp³-hybridized carbons (Fsp3) is 0.300. The summed E-state index contributed by atoms with van der Waals surface area (Å²) in [5.41, 5.74) is 3.97. The summed E-state index contributed by atoms with van der Waals surface area (Å²) in [5, 5.41) is 10.4. The number of rotatable bonds is 5. The number of halogens is 2. The molecule has 0 saturated carbocycles. The Kier molecular flexibility index (Phi) is 4.13. The molecular formula is C10H10F2N2O4. The number of nitro benzene ring substituents is 1. The van der Waals surface area contributed by atoms with Crippen molar-refractivity contribution in [1.29, 1.82) is 0 Å². The molecule has 0 aromatic heterocycles. The molecule has 8 heteroatoms. The predicted molar refractivity (Wildman–Crippen MR) is 56.9 cm³/mol. The van der Waals surface area contributed by atoms with Crippen LogP contribution in [0.25, 0.3) is 0 Å². The van der Waals surface area contributed by atoms with E-state index >= 15 is 0 Å². The Morgan fingerprint density at radius 2 is 2.11 bits per heavy atom. The van der Waals surface area contributed by atoms with E-state index in [2.05, 4.69) is 0 Å². The third kappa shape index (κ3) is 2.90. The zero-order chi connectivity index (χ0) is 13.9. The zero-order valence-corrected chi connectivity index (χ0v) is 9.35. The number of primary amides is 1. The number of carbonyl (C=O) groups excluding carboxylic acids is 1. The SMILES string of the molecule is CCC(Oc1cc(F)c([N+](=O)[O-])cc1F)C(N)=O. The van der Waals surface area contributed by atoms with Gasteiger partial charge >= 0.3 is 5.69 Å². The number of hydrogen-bond donors (Lipinski definition) is 1. The van der Waals surface area contributed by atoms with E-state index in [1.807, 2.05) is 0 Å². The lowest BCUT2D eigenvalue weighted by atomic mass is 10.2. The lowest BCUT2D eigenvalue weighted by Crippen LogP contribution is -2.33. The van der Waals surface area contributed by atoms with E-state index in [9.17, 15) is 23.7 Å². The molecule has 1 amide bonds. The molecule has 18 heavy (non-hydrogen) atoms. The topological polar surface area (TPSA) is 95.5 Å². The average Bonchev–Trinajstić information content (AvgIpc) is 2.28. The maximum absolute atomic E-state index is 13.4. The number of nitrogens with zero attached hydrogens (tertiary/aromatic N) is 1. The molecule has 0 heterocycles. The molecule has 1 unspecified atom stereocenters. The van der Waals surface area contributed by atoms with Crippen molar-refractivity contribution < 1.29 is 23.2 Å². The van der Waals surface area contributed by atoms with Crippen molar-refractivity contribution in [2.24, 2.45) is 5.73 Å². The summed E-state index contributed by atoms with van der Waals surface area (Å²) in [4.78, 5) is 20.2. The highest BCUT2D eigenvalue weighted by atomic mass is 19.1. The first-order valence-electron chi connectivity index (χ1n) is 4.96. The van der Waals surface area contributed by atoms with Crippen LogP contribution in [-0.4, -0.2) is 16.9 Å². The molecule has 0 radical (unpaired) electrons. The number of nitro groups is 1. The van der Waals surface area contributed by atoms with Crippen LogP contribution < -0.4 is 10.5 Å². The van der Waals surface area contributed by atoms with Gasteiger partial charge in [-0.2, -0.15) is 4.39 Å². The third-order valence-corrected chi connectivity index (χ3v) is 2.16. The fourth-order valence-corrected chi connectivity index (χ4v) is 1.24. The molecule has 0 aliphatic heterocycles. The van der Waals surface area contributed by atoms with Crippen molar-refractivity contribution in [3.05, 3.63) is 33.9 Å². The first-order valence-corrected chi connectivity index (χ1v) is 4.96. The minimum atomic E-state index is -1.25. The molecular weight excluding hydrogens is 250 g/mol. The largest absolute Gasteiger partial charge is 0.477 e. The van der Waals surface area contributed by atoms with Crippen molar-refractivity contribution >= 4 is 11.6 Å². The molecule has 1 aromatic rings. The summed E-state index contributed by atoms with van der Waals surface area (Å²) >= 11 is 0. The minimum Gasteiger partial charge on any atom is -0.477 e. The Balaban J connectivity index is 3.08. The standard InChI is InChI=1S/C10H10F2N2O4/c1-2-8(10(13)15)18-9-4-5(11)7(14(16)17)3-6(9)12/h3-4,8H,2H2,1H3,(H2,13,15). The van der Waals surface area contributed by atoms with E-state index in [0.29, 0.717) is 12.1 Å². The first kappa shape index (κ1) is 13.8. The average molecular weight is 260 g/mol. The normalized spacial score (nSPS) is 11.9. The van der Waals surface area contributed by atoms with E-state index in [1.165, 1.54) is 0 Å². The van der Waals surface area contributed by atoms with Gasteiger partial charge in [0.25, 0.3) is 5.91 Å². The molecule has 0 saturated heterocycles. The van der Waals surface area contributed by atoms with Crippen LogP contribution in [0, 0.1) is 21.7 Å². The Labute approximate surface area is 100 Å². The zero-order valence-electron chi connectivity index (χ0n) is 9.35. The third-order valence-electron chi connectivity index (χ3n) is 2.16. The van der Waals surface area contributed by atoms with Gasteiger partial charge in [-0.25, -0.2) is 4.39 Å². The number of ether oxygens (including phenoxy) is 1. The minimum absolute atomic E-state index is 0.160. The van der Waals surface area contributed by atoms with Gasteiger partial charge in [0.1, 0.15) is 0 Å². The van der Waals surface area contributed by atoms with Gasteiger partial charge < -0.3 is 10.5 Å². The fourth-order valence-electron chi connectivity index (χ4n) is 1.24. The van der Waals surface area contributed by atoms with Crippen LogP contribution in [0.5, 0.6) is 5.75 Å². The summed E-state index contributed by atoms with van der Waals surface area (Å²) in [6.07, 6.45) is -0.965. The highest BCUT2D eigenvalue weighted by Crippen LogP contribution is 2.27. The number of carbonyl (C=O) groups is 1. The Morgan fingerprint density at radius 1 is 1.50 bits per heavy atom. The highest BCUT2D eigenvalue weighted by molar-refractivity contribution is 5.79. The molecule has 0 fully saturated rings. The van der Waals surface area contributed by atoms with Crippen molar-refractivity contribution in [2.75, 3.05) is 0 Å². The second-order valence-corrected chi connectivity index (χ2v) is 3.41. The van der Waals surface area contributed by atoms with Gasteiger partial charge in [-0.05, 0) is 6.42 Å². The quantitative estimate of drug-likeness (QED) is 0.641. The van der Waals surface area contributed by atoms with Gasteiger partial charge in [0.2, 0.25) is 5.82 Å². The summed E-state index contributed by atoms with van der Waals surface area (Å²) < 4.78 is 31.5. The summed E-state index contributed by atoms with van der Waals surface area (Å²) in [5.74, 6) is -3.82. The van der Waals surface area contributed by atoms with Gasteiger partial charge in [-0.1, -0.05) is 6.92 Å². The lowest BCUT2D eigenvalue weighted by Gasteiger charge is -2.14. The highest BCUT2D eigenvalue weighted by Gasteiger charge is 2.22. The lowest BCUT2D eigenvalue weighted by molar-refractivity contribution is -0.387. The Hall–Kier alpha value is -2.25. The maximum Gasteiger partial charge on any atom is 0.307 e. The predicted octanol–water partition coefficient (Wildman–Crippen LogP) is 1.52. The molecule has 0 spiro atoms. The molecule has 0 bridgehead atoms. The van der Waals surface area contributed by atoms with Crippen molar-refractivity contribution in [3.8, 4) is 5.75 Å². The van der Waals surface area contributed by atoms with Crippen LogP contribution in [0.1, 0.15) is 13.3 Å². The van der Waals surface area contributed by atoms with E-state index in [1.54, 1.807) is 6.92 Å². The molecule has 1 atom stereocenters. The van der Waals surface area contributed by atoms with Crippen LogP contribution in [-0.2, 0) is 4.79 Å². The summed E-state index contributed by atoms with van der Waals surface area (Å²) in [6, 6.07) is 0.900. The van der Waals surface area contributed by atoms with E-state index < -0.39 is 40.0 Å². The van der Waals surface area contributed by atoms with Gasteiger partial charge in [0.05, 0.1) is 11.0 Å². The van der Waals surface area contributed by atoms with Crippen LogP contribution in [0.4, 0.5) is 14.5 Å². The van der Waals surface area contributed by atoms with E-state index in [0.717, 1.165) is 0 Å². The van der Waals surface area contributed by atoms with Gasteiger partial charge in [0.15, 0.2) is 17.7 Å². The smallest absolute Gasteiger partial charge is 0.307 e. The van der Waals surface area contributed by atoms with Gasteiger partial charge in [-0.3, -0.25) is 14.9 Å². The molecule has 2 N–H and O–H groups in total. The van der Waals surface area contributed by atoms with Crippen molar-refractivity contribution in [1.82, 2.24) is 0 Å². The Bertz CT molecular complexity index is 493. The number of nitrogens with two attached hydrogens (primary N) is 1. The Morgan fingerprint density at radius 3 is 2.56 bits per heavy atom. The monoisotopic (exact) mass is 260 g/mol. The van der Waals surface area contributed by atoms with Crippen LogP contribution in [0.2, 0.25) is 0 Å². The molecule has 1 aromatic carbocycles. The summed E-state index contributed by atoms with van der Waals surface area (Å²) in [7, 11) is 0. The molecule has 0 aliphatic carbocycles. The van der Waals surface area contributed by atoms with Crippen LogP contribution >= 0.6 is 0 Å². The van der Waals surface area contributed by atoms with Gasteiger partial charge in [-0.15, -0.1) is 0 Å². The number of hydrogen-bond acceptors (Lipinski definition) is 4.